The van der Waals surface area contributed by atoms with Crippen LogP contribution in [0.4, 0.5) is 0 Å². The molecule has 1 rings (SSSR count). The minimum absolute atomic E-state index is 0.00844. The van der Waals surface area contributed by atoms with Gasteiger partial charge in [0.2, 0.25) is 5.91 Å². The van der Waals surface area contributed by atoms with E-state index in [0.29, 0.717) is 4.88 Å². The molecule has 0 spiro atoms. The van der Waals surface area contributed by atoms with Crippen molar-refractivity contribution in [2.45, 2.75) is 46.6 Å². The number of carbonyl (C=O) groups is 2. The van der Waals surface area contributed by atoms with Crippen LogP contribution in [0.2, 0.25) is 0 Å². The highest BCUT2D eigenvalue weighted by Gasteiger charge is 2.16. The Morgan fingerprint density at radius 1 is 1.32 bits per heavy atom. The van der Waals surface area contributed by atoms with Crippen LogP contribution in [-0.2, 0) is 11.2 Å². The average Bonchev–Trinajstić information content (AvgIpc) is 2.65. The third-order valence-corrected chi connectivity index (χ3v) is 3.87. The summed E-state index contributed by atoms with van der Waals surface area (Å²) in [4.78, 5) is 25.4. The van der Waals surface area contributed by atoms with E-state index in [1.807, 2.05) is 33.8 Å². The first-order valence-electron chi connectivity index (χ1n) is 6.41. The van der Waals surface area contributed by atoms with Gasteiger partial charge in [-0.15, -0.1) is 11.3 Å². The van der Waals surface area contributed by atoms with Crippen molar-refractivity contribution < 1.29 is 9.59 Å². The van der Waals surface area contributed by atoms with Crippen molar-refractivity contribution in [2.24, 2.45) is 0 Å². The lowest BCUT2D eigenvalue weighted by atomic mass is 10.1. The summed E-state index contributed by atoms with van der Waals surface area (Å²) in [6.07, 6.45) is 0.925. The Morgan fingerprint density at radius 3 is 2.42 bits per heavy atom. The normalized spacial score (nSPS) is 11.2. The molecule has 0 saturated carbocycles. The van der Waals surface area contributed by atoms with Crippen LogP contribution in [-0.4, -0.2) is 23.9 Å². The van der Waals surface area contributed by atoms with Gasteiger partial charge >= 0.3 is 0 Å². The monoisotopic (exact) mass is 282 g/mol. The van der Waals surface area contributed by atoms with Gasteiger partial charge in [0.1, 0.15) is 0 Å². The first-order valence-corrected chi connectivity index (χ1v) is 7.23. The molecule has 0 aliphatic rings. The van der Waals surface area contributed by atoms with Crippen LogP contribution in [0.25, 0.3) is 0 Å². The lowest BCUT2D eigenvalue weighted by molar-refractivity contribution is -0.121. The highest BCUT2D eigenvalue weighted by Crippen LogP contribution is 2.22. The van der Waals surface area contributed by atoms with Crippen LogP contribution < -0.4 is 10.6 Å². The molecule has 0 atom stereocenters. The standard InChI is InChI=1S/C14H22N2O2S/c1-6-10-9(2)7-11(19-10)13(18)15-8-12(17)16-14(3,4)5/h7H,6,8H2,1-5H3,(H,15,18)(H,16,17). The fourth-order valence-corrected chi connectivity index (χ4v) is 2.72. The van der Waals surface area contributed by atoms with Gasteiger partial charge in [-0.05, 0) is 45.7 Å². The first-order chi connectivity index (χ1) is 8.73. The predicted octanol–water partition coefficient (Wildman–Crippen LogP) is 2.26. The summed E-state index contributed by atoms with van der Waals surface area (Å²) in [6, 6.07) is 1.88. The number of hydrogen-bond acceptors (Lipinski definition) is 3. The minimum atomic E-state index is -0.281. The Morgan fingerprint density at radius 2 is 1.95 bits per heavy atom. The van der Waals surface area contributed by atoms with E-state index in [2.05, 4.69) is 17.6 Å². The van der Waals surface area contributed by atoms with Gasteiger partial charge < -0.3 is 10.6 Å². The molecule has 2 N–H and O–H groups in total. The first kappa shape index (κ1) is 15.7. The fourth-order valence-electron chi connectivity index (χ4n) is 1.69. The van der Waals surface area contributed by atoms with Crippen LogP contribution in [0.5, 0.6) is 0 Å². The number of aryl methyl sites for hydroxylation is 2. The molecule has 4 nitrogen and oxygen atoms in total. The van der Waals surface area contributed by atoms with Crippen molar-refractivity contribution in [1.82, 2.24) is 10.6 Å². The van der Waals surface area contributed by atoms with E-state index in [-0.39, 0.29) is 23.9 Å². The summed E-state index contributed by atoms with van der Waals surface area (Å²) in [5, 5.41) is 5.45. The number of rotatable bonds is 4. The van der Waals surface area contributed by atoms with E-state index >= 15 is 0 Å². The summed E-state index contributed by atoms with van der Waals surface area (Å²) in [5.41, 5.74) is 0.855. The number of nitrogens with one attached hydrogen (secondary N) is 2. The van der Waals surface area contributed by atoms with Crippen molar-refractivity contribution in [3.05, 3.63) is 21.4 Å². The highest BCUT2D eigenvalue weighted by molar-refractivity contribution is 7.14. The van der Waals surface area contributed by atoms with E-state index in [1.165, 1.54) is 16.2 Å². The molecule has 0 bridgehead atoms. The Labute approximate surface area is 118 Å². The highest BCUT2D eigenvalue weighted by atomic mass is 32.1. The maximum atomic E-state index is 11.9. The maximum Gasteiger partial charge on any atom is 0.261 e. The van der Waals surface area contributed by atoms with Crippen molar-refractivity contribution in [3.8, 4) is 0 Å². The van der Waals surface area contributed by atoms with E-state index in [1.54, 1.807) is 0 Å². The van der Waals surface area contributed by atoms with Crippen LogP contribution >= 0.6 is 11.3 Å². The molecule has 1 aromatic rings. The molecule has 1 aromatic heterocycles. The second kappa shape index (κ2) is 6.19. The van der Waals surface area contributed by atoms with Gasteiger partial charge in [-0.1, -0.05) is 6.92 Å². The SMILES string of the molecule is CCc1sc(C(=O)NCC(=O)NC(C)(C)C)cc1C. The van der Waals surface area contributed by atoms with Crippen LogP contribution in [0.3, 0.4) is 0 Å². The smallest absolute Gasteiger partial charge is 0.261 e. The maximum absolute atomic E-state index is 11.9. The molecule has 0 radical (unpaired) electrons. The van der Waals surface area contributed by atoms with E-state index in [4.69, 9.17) is 0 Å². The van der Waals surface area contributed by atoms with E-state index in [9.17, 15) is 9.59 Å². The van der Waals surface area contributed by atoms with Crippen molar-refractivity contribution in [2.75, 3.05) is 6.54 Å². The largest absolute Gasteiger partial charge is 0.350 e. The Hall–Kier alpha value is -1.36. The lowest BCUT2D eigenvalue weighted by Gasteiger charge is -2.20. The molecular formula is C14H22N2O2S. The number of thiophene rings is 1. The van der Waals surface area contributed by atoms with Gasteiger partial charge in [-0.25, -0.2) is 0 Å². The van der Waals surface area contributed by atoms with Crippen molar-refractivity contribution >= 4 is 23.2 Å². The zero-order valence-electron chi connectivity index (χ0n) is 12.2. The molecule has 0 unspecified atom stereocenters. The molecule has 1 heterocycles. The van der Waals surface area contributed by atoms with Crippen molar-refractivity contribution in [3.63, 3.8) is 0 Å². The van der Waals surface area contributed by atoms with Crippen LogP contribution in [0.15, 0.2) is 6.07 Å². The summed E-state index contributed by atoms with van der Waals surface area (Å²) >= 11 is 1.49. The van der Waals surface area contributed by atoms with E-state index in [0.717, 1.165) is 12.0 Å². The Kier molecular flexibility index (Phi) is 5.11. The summed E-state index contributed by atoms with van der Waals surface area (Å²) in [6.45, 7) is 9.79. The molecule has 19 heavy (non-hydrogen) atoms. The quantitative estimate of drug-likeness (QED) is 0.890. The van der Waals surface area contributed by atoms with Gasteiger partial charge in [0.05, 0.1) is 11.4 Å². The number of carbonyl (C=O) groups excluding carboxylic acids is 2. The molecule has 0 aliphatic carbocycles. The summed E-state index contributed by atoms with van der Waals surface area (Å²) in [7, 11) is 0. The second-order valence-electron chi connectivity index (χ2n) is 5.55. The number of hydrogen-bond donors (Lipinski definition) is 2. The van der Waals surface area contributed by atoms with Crippen LogP contribution in [0.1, 0.15) is 47.8 Å². The molecule has 5 heteroatoms. The topological polar surface area (TPSA) is 58.2 Å². The minimum Gasteiger partial charge on any atom is -0.350 e. The lowest BCUT2D eigenvalue weighted by Crippen LogP contribution is -2.45. The van der Waals surface area contributed by atoms with Crippen molar-refractivity contribution in [1.29, 1.82) is 0 Å². The van der Waals surface area contributed by atoms with Gasteiger partial charge in [-0.3, -0.25) is 9.59 Å². The van der Waals surface area contributed by atoms with Gasteiger partial charge in [0.15, 0.2) is 0 Å². The Balaban J connectivity index is 2.53. The van der Waals surface area contributed by atoms with Gasteiger partial charge in [0, 0.05) is 10.4 Å². The summed E-state index contributed by atoms with van der Waals surface area (Å²) < 4.78 is 0. The predicted molar refractivity (Wildman–Crippen MR) is 78.7 cm³/mol. The fraction of sp³-hybridized carbons (Fsp3) is 0.571. The van der Waals surface area contributed by atoms with Gasteiger partial charge in [0.25, 0.3) is 5.91 Å². The zero-order valence-corrected chi connectivity index (χ0v) is 13.0. The molecule has 106 valence electrons. The second-order valence-corrected chi connectivity index (χ2v) is 6.69. The molecule has 0 fully saturated rings. The summed E-state index contributed by atoms with van der Waals surface area (Å²) in [5.74, 6) is -0.360. The third kappa shape index (κ3) is 5.03. The number of amides is 2. The average molecular weight is 282 g/mol. The molecule has 2 amide bonds. The third-order valence-electron chi connectivity index (χ3n) is 2.49. The molecular weight excluding hydrogens is 260 g/mol. The zero-order chi connectivity index (χ0) is 14.6. The molecule has 0 aliphatic heterocycles. The molecule has 0 aromatic carbocycles. The molecule has 0 saturated heterocycles. The van der Waals surface area contributed by atoms with E-state index < -0.39 is 0 Å². The van der Waals surface area contributed by atoms with Crippen LogP contribution in [0, 0.1) is 6.92 Å². The Bertz CT molecular complexity index is 472. The van der Waals surface area contributed by atoms with Gasteiger partial charge in [-0.2, -0.15) is 0 Å².